The van der Waals surface area contributed by atoms with Crippen molar-refractivity contribution in [2.75, 3.05) is 31.9 Å². The summed E-state index contributed by atoms with van der Waals surface area (Å²) in [6.45, 7) is 6.39. The van der Waals surface area contributed by atoms with Crippen molar-refractivity contribution in [2.45, 2.75) is 31.7 Å². The molecule has 23 heavy (non-hydrogen) atoms. The lowest BCUT2D eigenvalue weighted by Crippen LogP contribution is -2.51. The van der Waals surface area contributed by atoms with Crippen LogP contribution in [0.3, 0.4) is 0 Å². The minimum atomic E-state index is 0.113. The highest BCUT2D eigenvalue weighted by Gasteiger charge is 2.35. The van der Waals surface area contributed by atoms with Gasteiger partial charge in [0.1, 0.15) is 10.9 Å². The quantitative estimate of drug-likeness (QED) is 0.613. The summed E-state index contributed by atoms with van der Waals surface area (Å²) >= 11 is 1.45. The maximum absolute atomic E-state index is 12.3. The number of hydrogen-bond donors (Lipinski definition) is 0. The van der Waals surface area contributed by atoms with Gasteiger partial charge in [-0.25, -0.2) is 9.97 Å². The first-order valence-corrected chi connectivity index (χ1v) is 9.03. The number of piperazine rings is 1. The maximum Gasteiger partial charge on any atom is 0.233 e. The Morgan fingerprint density at radius 3 is 2.39 bits per heavy atom. The molecule has 1 aliphatic carbocycles. The van der Waals surface area contributed by atoms with Crippen molar-refractivity contribution in [1.82, 2.24) is 19.8 Å². The summed E-state index contributed by atoms with van der Waals surface area (Å²) in [6, 6.07) is 1.90. The van der Waals surface area contributed by atoms with Gasteiger partial charge in [0.25, 0.3) is 0 Å². The summed E-state index contributed by atoms with van der Waals surface area (Å²) in [5, 5.41) is 0.839. The molecule has 1 aromatic rings. The maximum atomic E-state index is 12.3. The smallest absolute Gasteiger partial charge is 0.233 e. The van der Waals surface area contributed by atoms with Gasteiger partial charge in [0, 0.05) is 37.8 Å². The van der Waals surface area contributed by atoms with Gasteiger partial charge in [-0.1, -0.05) is 11.8 Å². The Morgan fingerprint density at radius 1 is 1.13 bits per heavy atom. The highest BCUT2D eigenvalue weighted by Crippen LogP contribution is 2.31. The first-order valence-electron chi connectivity index (χ1n) is 8.04. The molecule has 124 valence electrons. The van der Waals surface area contributed by atoms with E-state index in [0.717, 1.165) is 29.4 Å². The second-order valence-corrected chi connectivity index (χ2v) is 7.16. The fourth-order valence-electron chi connectivity index (χ4n) is 2.75. The number of amides is 2. The molecule has 0 radical (unpaired) electrons. The molecular weight excluding hydrogens is 312 g/mol. The van der Waals surface area contributed by atoms with Crippen molar-refractivity contribution in [3.05, 3.63) is 17.6 Å². The molecule has 1 saturated carbocycles. The number of rotatable bonds is 4. The molecule has 0 unspecified atom stereocenters. The Morgan fingerprint density at radius 2 is 1.78 bits per heavy atom. The lowest BCUT2D eigenvalue weighted by molar-refractivity contribution is -0.139. The van der Waals surface area contributed by atoms with Gasteiger partial charge in [0.2, 0.25) is 11.8 Å². The van der Waals surface area contributed by atoms with Crippen LogP contribution in [0.1, 0.15) is 24.4 Å². The van der Waals surface area contributed by atoms with Crippen LogP contribution in [-0.2, 0) is 9.59 Å². The predicted octanol–water partition coefficient (Wildman–Crippen LogP) is 1.27. The molecule has 2 heterocycles. The molecule has 3 rings (SSSR count). The first kappa shape index (κ1) is 16.2. The van der Waals surface area contributed by atoms with Gasteiger partial charge in [-0.3, -0.25) is 9.59 Å². The van der Waals surface area contributed by atoms with E-state index in [9.17, 15) is 9.59 Å². The second-order valence-electron chi connectivity index (χ2n) is 6.16. The summed E-state index contributed by atoms with van der Waals surface area (Å²) in [7, 11) is 0. The predicted molar refractivity (Wildman–Crippen MR) is 88.1 cm³/mol. The topological polar surface area (TPSA) is 66.4 Å². The molecule has 0 atom stereocenters. The van der Waals surface area contributed by atoms with E-state index in [1.54, 1.807) is 0 Å². The van der Waals surface area contributed by atoms with Crippen molar-refractivity contribution < 1.29 is 9.59 Å². The van der Waals surface area contributed by atoms with E-state index in [2.05, 4.69) is 9.97 Å². The number of carbonyl (C=O) groups is 2. The molecule has 1 aromatic heterocycles. The van der Waals surface area contributed by atoms with E-state index in [-0.39, 0.29) is 17.7 Å². The Hall–Kier alpha value is -1.63. The van der Waals surface area contributed by atoms with Crippen molar-refractivity contribution in [2.24, 2.45) is 5.92 Å². The van der Waals surface area contributed by atoms with Crippen LogP contribution in [0.15, 0.2) is 11.1 Å². The Labute approximate surface area is 140 Å². The van der Waals surface area contributed by atoms with Crippen LogP contribution in [0.5, 0.6) is 0 Å². The summed E-state index contributed by atoms with van der Waals surface area (Å²) < 4.78 is 0. The normalized spacial score (nSPS) is 18.2. The zero-order valence-corrected chi connectivity index (χ0v) is 14.4. The van der Waals surface area contributed by atoms with Crippen LogP contribution in [0.25, 0.3) is 0 Å². The molecule has 0 spiro atoms. The van der Waals surface area contributed by atoms with Gasteiger partial charge < -0.3 is 9.80 Å². The average molecular weight is 334 g/mol. The van der Waals surface area contributed by atoms with Crippen LogP contribution >= 0.6 is 11.8 Å². The van der Waals surface area contributed by atoms with Crippen LogP contribution < -0.4 is 0 Å². The molecule has 2 fully saturated rings. The van der Waals surface area contributed by atoms with Crippen molar-refractivity contribution in [1.29, 1.82) is 0 Å². The van der Waals surface area contributed by atoms with Gasteiger partial charge in [0.05, 0.1) is 5.75 Å². The van der Waals surface area contributed by atoms with Crippen LogP contribution in [0.2, 0.25) is 0 Å². The molecule has 0 N–H and O–H groups in total. The Balaban J connectivity index is 1.46. The second kappa shape index (κ2) is 6.86. The standard InChI is InChI=1S/C16H22N4O2S/c1-11-9-14(18-12(2)17-11)23-10-15(21)19-5-7-20(8-6-19)16(22)13-3-4-13/h9,13H,3-8,10H2,1-2H3. The van der Waals surface area contributed by atoms with Gasteiger partial charge in [-0.15, -0.1) is 0 Å². The van der Waals surface area contributed by atoms with Gasteiger partial charge in [0.15, 0.2) is 0 Å². The molecule has 0 aromatic carbocycles. The number of hydrogen-bond acceptors (Lipinski definition) is 5. The van der Waals surface area contributed by atoms with Crippen molar-refractivity contribution in [3.8, 4) is 0 Å². The Kier molecular flexibility index (Phi) is 4.84. The number of aromatic nitrogens is 2. The van der Waals surface area contributed by atoms with Crippen molar-refractivity contribution >= 4 is 23.6 Å². The molecule has 1 saturated heterocycles. The largest absolute Gasteiger partial charge is 0.339 e. The zero-order chi connectivity index (χ0) is 16.4. The first-order chi connectivity index (χ1) is 11.0. The fraction of sp³-hybridized carbons (Fsp3) is 0.625. The van der Waals surface area contributed by atoms with E-state index >= 15 is 0 Å². The highest BCUT2D eigenvalue weighted by molar-refractivity contribution is 7.99. The van der Waals surface area contributed by atoms with Gasteiger partial charge in [-0.2, -0.15) is 0 Å². The van der Waals surface area contributed by atoms with Crippen LogP contribution in [0, 0.1) is 19.8 Å². The molecule has 0 bridgehead atoms. The number of aryl methyl sites for hydroxylation is 2. The molecule has 6 nitrogen and oxygen atoms in total. The minimum Gasteiger partial charge on any atom is -0.339 e. The van der Waals surface area contributed by atoms with E-state index in [4.69, 9.17) is 0 Å². The van der Waals surface area contributed by atoms with E-state index in [0.29, 0.717) is 31.9 Å². The number of thioether (sulfide) groups is 1. The molecule has 2 aliphatic rings. The van der Waals surface area contributed by atoms with E-state index in [1.807, 2.05) is 29.7 Å². The lowest BCUT2D eigenvalue weighted by Gasteiger charge is -2.34. The monoisotopic (exact) mass is 334 g/mol. The summed E-state index contributed by atoms with van der Waals surface area (Å²) in [5.74, 6) is 1.76. The Bertz CT molecular complexity index is 590. The average Bonchev–Trinajstić information content (AvgIpc) is 3.36. The summed E-state index contributed by atoms with van der Waals surface area (Å²) in [5.41, 5.74) is 0.916. The third kappa shape index (κ3) is 4.22. The minimum absolute atomic E-state index is 0.113. The van der Waals surface area contributed by atoms with E-state index in [1.165, 1.54) is 11.8 Å². The SMILES string of the molecule is Cc1cc(SCC(=O)N2CCN(C(=O)C3CC3)CC2)nc(C)n1. The lowest BCUT2D eigenvalue weighted by atomic mass is 10.2. The van der Waals surface area contributed by atoms with Crippen LogP contribution in [0.4, 0.5) is 0 Å². The summed E-state index contributed by atoms with van der Waals surface area (Å²) in [4.78, 5) is 36.7. The zero-order valence-electron chi connectivity index (χ0n) is 13.6. The molecule has 2 amide bonds. The van der Waals surface area contributed by atoms with E-state index < -0.39 is 0 Å². The summed E-state index contributed by atoms with van der Waals surface area (Å²) in [6.07, 6.45) is 2.07. The third-order valence-corrected chi connectivity index (χ3v) is 5.05. The number of carbonyl (C=O) groups excluding carboxylic acids is 2. The molecule has 1 aliphatic heterocycles. The van der Waals surface area contributed by atoms with Gasteiger partial charge in [-0.05, 0) is 32.8 Å². The highest BCUT2D eigenvalue weighted by atomic mass is 32.2. The fourth-order valence-corrected chi connectivity index (χ4v) is 3.65. The van der Waals surface area contributed by atoms with Crippen molar-refractivity contribution in [3.63, 3.8) is 0 Å². The molecule has 7 heteroatoms. The number of nitrogens with zero attached hydrogens (tertiary/aromatic N) is 4. The van der Waals surface area contributed by atoms with Crippen LogP contribution in [-0.4, -0.2) is 63.5 Å². The van der Waals surface area contributed by atoms with Gasteiger partial charge >= 0.3 is 0 Å². The molecular formula is C16H22N4O2S. The third-order valence-electron chi connectivity index (χ3n) is 4.16.